The second-order valence-corrected chi connectivity index (χ2v) is 16.5. The molecule has 1 amide bonds. The fourth-order valence-corrected chi connectivity index (χ4v) is 7.55. The van der Waals surface area contributed by atoms with Crippen molar-refractivity contribution < 1.29 is 24.5 Å². The number of nitrogens with one attached hydrogen (secondary N) is 1. The lowest BCUT2D eigenvalue weighted by molar-refractivity contribution is -0.151. The van der Waals surface area contributed by atoms with Crippen molar-refractivity contribution in [2.75, 3.05) is 6.61 Å². The van der Waals surface area contributed by atoms with Crippen molar-refractivity contribution in [1.82, 2.24) is 5.32 Å². The van der Waals surface area contributed by atoms with E-state index >= 15 is 0 Å². The van der Waals surface area contributed by atoms with Gasteiger partial charge in [0.25, 0.3) is 0 Å². The molecule has 6 heteroatoms. The van der Waals surface area contributed by atoms with Crippen LogP contribution in [0.4, 0.5) is 0 Å². The summed E-state index contributed by atoms with van der Waals surface area (Å²) in [6, 6.07) is -0.690. The third kappa shape index (κ3) is 37.6. The Morgan fingerprint density at radius 3 is 1.15 bits per heavy atom. The maximum atomic E-state index is 13.1. The number of unbranched alkanes of at least 4 members (excludes halogenated alkanes) is 31. The van der Waals surface area contributed by atoms with Gasteiger partial charge in [0.1, 0.15) is 6.10 Å². The van der Waals surface area contributed by atoms with E-state index in [0.717, 1.165) is 44.9 Å². The molecule has 0 heterocycles. The van der Waals surface area contributed by atoms with Crippen LogP contribution < -0.4 is 5.32 Å². The molecule has 6 nitrogen and oxygen atoms in total. The molecule has 0 radical (unpaired) electrons. The summed E-state index contributed by atoms with van der Waals surface area (Å²) in [6.45, 7) is 6.46. The molecule has 0 aromatic rings. The highest BCUT2D eigenvalue weighted by Gasteiger charge is 2.24. The number of carbonyl (C=O) groups excluding carboxylic acids is 2. The van der Waals surface area contributed by atoms with Crippen LogP contribution in [0.2, 0.25) is 0 Å². The molecule has 0 rings (SSSR count). The van der Waals surface area contributed by atoms with Gasteiger partial charge < -0.3 is 20.3 Å². The summed E-state index contributed by atoms with van der Waals surface area (Å²) in [7, 11) is 0. The minimum Gasteiger partial charge on any atom is -0.462 e. The lowest BCUT2D eigenvalue weighted by Crippen LogP contribution is -2.46. The summed E-state index contributed by atoms with van der Waals surface area (Å²) in [5, 5.41) is 23.6. The molecule has 0 aliphatic rings. The quantitative estimate of drug-likeness (QED) is 0.0426. The highest BCUT2D eigenvalue weighted by atomic mass is 16.5. The van der Waals surface area contributed by atoms with Crippen molar-refractivity contribution in [1.29, 1.82) is 0 Å². The van der Waals surface area contributed by atoms with E-state index < -0.39 is 18.2 Å². The van der Waals surface area contributed by atoms with Gasteiger partial charge >= 0.3 is 5.97 Å². The van der Waals surface area contributed by atoms with Crippen molar-refractivity contribution >= 4 is 11.9 Å². The van der Waals surface area contributed by atoms with E-state index in [4.69, 9.17) is 4.74 Å². The van der Waals surface area contributed by atoms with Crippen LogP contribution >= 0.6 is 0 Å². The average Bonchev–Trinajstić information content (AvgIpc) is 3.15. The molecule has 0 bridgehead atoms. The van der Waals surface area contributed by atoms with Crippen LogP contribution in [-0.4, -0.2) is 46.9 Å². The van der Waals surface area contributed by atoms with Gasteiger partial charge in [-0.15, -0.1) is 0 Å². The van der Waals surface area contributed by atoms with Gasteiger partial charge in [-0.2, -0.15) is 0 Å². The molecule has 316 valence electrons. The first-order valence-electron chi connectivity index (χ1n) is 23.8. The summed E-state index contributed by atoms with van der Waals surface area (Å²) in [4.78, 5) is 25.9. The van der Waals surface area contributed by atoms with Gasteiger partial charge in [-0.1, -0.05) is 226 Å². The summed E-state index contributed by atoms with van der Waals surface area (Å²) < 4.78 is 5.88. The molecule has 0 aromatic carbocycles. The molecule has 3 N–H and O–H groups in total. The third-order valence-corrected chi connectivity index (χ3v) is 11.2. The first kappa shape index (κ1) is 51.9. The van der Waals surface area contributed by atoms with Crippen molar-refractivity contribution in [3.8, 4) is 0 Å². The smallest absolute Gasteiger partial charge is 0.306 e. The van der Waals surface area contributed by atoms with Crippen LogP contribution in [0.15, 0.2) is 0 Å². The predicted molar refractivity (Wildman–Crippen MR) is 227 cm³/mol. The minimum atomic E-state index is -0.777. The standard InChI is InChI=1S/C47H93NO5/c1-4-7-10-13-16-18-20-22-23-24-25-27-30-33-36-39-45(50)44(42-49)48-46(51)41-43(38-35-32-29-15-12-9-6-3)53-47(52)40-37-34-31-28-26-21-19-17-14-11-8-5-2/h43-45,49-50H,4-42H2,1-3H3,(H,48,51). The summed E-state index contributed by atoms with van der Waals surface area (Å²) in [6.07, 6.45) is 43.1. The fraction of sp³-hybridized carbons (Fsp3) is 0.957. The van der Waals surface area contributed by atoms with Crippen LogP contribution in [0.25, 0.3) is 0 Å². The Bertz CT molecular complexity index is 761. The highest BCUT2D eigenvalue weighted by Crippen LogP contribution is 2.18. The molecule has 0 saturated carbocycles. The van der Waals surface area contributed by atoms with Gasteiger partial charge in [-0.3, -0.25) is 9.59 Å². The van der Waals surface area contributed by atoms with E-state index in [1.807, 2.05) is 0 Å². The van der Waals surface area contributed by atoms with E-state index in [1.165, 1.54) is 173 Å². The zero-order chi connectivity index (χ0) is 38.9. The molecule has 53 heavy (non-hydrogen) atoms. The van der Waals surface area contributed by atoms with Gasteiger partial charge in [0.2, 0.25) is 5.91 Å². The molecule has 3 unspecified atom stereocenters. The Morgan fingerprint density at radius 2 is 0.792 bits per heavy atom. The van der Waals surface area contributed by atoms with Crippen LogP contribution in [0, 0.1) is 0 Å². The van der Waals surface area contributed by atoms with Crippen LogP contribution in [0.1, 0.15) is 265 Å². The normalized spacial score (nSPS) is 13.2. The number of esters is 1. The summed E-state index contributed by atoms with van der Waals surface area (Å²) >= 11 is 0. The molecule has 3 atom stereocenters. The Balaban J connectivity index is 4.35. The third-order valence-electron chi connectivity index (χ3n) is 11.2. The second kappa shape index (κ2) is 42.0. The zero-order valence-electron chi connectivity index (χ0n) is 35.9. The minimum absolute atomic E-state index is 0.0855. The van der Waals surface area contributed by atoms with Crippen LogP contribution in [0.3, 0.4) is 0 Å². The number of hydrogen-bond acceptors (Lipinski definition) is 5. The number of aliphatic hydroxyl groups is 2. The number of carbonyl (C=O) groups is 2. The molecule has 0 spiro atoms. The highest BCUT2D eigenvalue weighted by molar-refractivity contribution is 5.77. The van der Waals surface area contributed by atoms with E-state index in [0.29, 0.717) is 19.3 Å². The first-order chi connectivity index (χ1) is 26.0. The Kier molecular flexibility index (Phi) is 41.1. The molecule has 0 aliphatic carbocycles. The monoisotopic (exact) mass is 752 g/mol. The predicted octanol–water partition coefficient (Wildman–Crippen LogP) is 13.6. The topological polar surface area (TPSA) is 95.9 Å². The lowest BCUT2D eigenvalue weighted by atomic mass is 10.0. The number of ether oxygens (including phenoxy) is 1. The summed E-state index contributed by atoms with van der Waals surface area (Å²) in [5.41, 5.74) is 0. The maximum absolute atomic E-state index is 13.1. The molecule has 0 saturated heterocycles. The molecular formula is C47H93NO5. The van der Waals surface area contributed by atoms with Crippen molar-refractivity contribution in [3.63, 3.8) is 0 Å². The molecule has 0 fully saturated rings. The maximum Gasteiger partial charge on any atom is 0.306 e. The van der Waals surface area contributed by atoms with E-state index in [1.54, 1.807) is 0 Å². The van der Waals surface area contributed by atoms with E-state index in [2.05, 4.69) is 26.1 Å². The van der Waals surface area contributed by atoms with E-state index in [9.17, 15) is 19.8 Å². The fourth-order valence-electron chi connectivity index (χ4n) is 7.55. The Labute approximate surface area is 330 Å². The molecule has 0 aromatic heterocycles. The second-order valence-electron chi connectivity index (χ2n) is 16.5. The van der Waals surface area contributed by atoms with Gasteiger partial charge in [0.15, 0.2) is 0 Å². The SMILES string of the molecule is CCCCCCCCCCCCCCCCCC(O)C(CO)NC(=O)CC(CCCCCCCCC)OC(=O)CCCCCCCCCCCCCC. The molecule has 0 aliphatic heterocycles. The Hall–Kier alpha value is -1.14. The number of rotatable bonds is 43. The first-order valence-corrected chi connectivity index (χ1v) is 23.8. The van der Waals surface area contributed by atoms with Gasteiger partial charge in [0, 0.05) is 6.42 Å². The summed E-state index contributed by atoms with van der Waals surface area (Å²) in [5.74, 6) is -0.463. The van der Waals surface area contributed by atoms with Gasteiger partial charge in [-0.25, -0.2) is 0 Å². The largest absolute Gasteiger partial charge is 0.462 e. The number of amides is 1. The van der Waals surface area contributed by atoms with Gasteiger partial charge in [-0.05, 0) is 25.7 Å². The Morgan fingerprint density at radius 1 is 0.472 bits per heavy atom. The van der Waals surface area contributed by atoms with Crippen LogP contribution in [-0.2, 0) is 14.3 Å². The van der Waals surface area contributed by atoms with Crippen molar-refractivity contribution in [2.24, 2.45) is 0 Å². The van der Waals surface area contributed by atoms with E-state index in [-0.39, 0.29) is 24.9 Å². The zero-order valence-corrected chi connectivity index (χ0v) is 35.9. The van der Waals surface area contributed by atoms with Crippen molar-refractivity contribution in [2.45, 2.75) is 283 Å². The van der Waals surface area contributed by atoms with Crippen molar-refractivity contribution in [3.05, 3.63) is 0 Å². The lowest BCUT2D eigenvalue weighted by Gasteiger charge is -2.24. The number of aliphatic hydroxyl groups excluding tert-OH is 2. The van der Waals surface area contributed by atoms with Gasteiger partial charge in [0.05, 0.1) is 25.2 Å². The molecular weight excluding hydrogens is 659 g/mol. The average molecular weight is 752 g/mol. The number of hydrogen-bond donors (Lipinski definition) is 3. The van der Waals surface area contributed by atoms with Crippen LogP contribution in [0.5, 0.6) is 0 Å².